The number of hydrogen-bond donors (Lipinski definition) is 1. The first kappa shape index (κ1) is 9.46. The van der Waals surface area contributed by atoms with Crippen molar-refractivity contribution < 1.29 is 0 Å². The molecule has 0 atom stereocenters. The van der Waals surface area contributed by atoms with E-state index in [0.29, 0.717) is 11.3 Å². The van der Waals surface area contributed by atoms with E-state index in [1.54, 1.807) is 0 Å². The summed E-state index contributed by atoms with van der Waals surface area (Å²) in [6.45, 7) is 3.89. The van der Waals surface area contributed by atoms with Crippen LogP contribution >= 0.6 is 0 Å². The number of nitriles is 1. The highest BCUT2D eigenvalue weighted by molar-refractivity contribution is 5.22. The Morgan fingerprint density at radius 3 is 2.92 bits per heavy atom. The van der Waals surface area contributed by atoms with Crippen molar-refractivity contribution in [2.24, 2.45) is 0 Å². The van der Waals surface area contributed by atoms with E-state index >= 15 is 0 Å². The average molecular weight is 177 g/mol. The molecular formula is C9H11N3O. The summed E-state index contributed by atoms with van der Waals surface area (Å²) in [4.78, 5) is 17.8. The predicted octanol–water partition coefficient (Wildman–Crippen LogP) is 0.959. The first-order valence-electron chi connectivity index (χ1n) is 4.10. The Kier molecular flexibility index (Phi) is 2.80. The quantitative estimate of drug-likeness (QED) is 0.731. The lowest BCUT2D eigenvalue weighted by Crippen LogP contribution is -2.17. The molecule has 0 radical (unpaired) electrons. The minimum Gasteiger partial charge on any atom is -0.313 e. The molecule has 0 fully saturated rings. The van der Waals surface area contributed by atoms with Gasteiger partial charge in [-0.05, 0) is 5.92 Å². The van der Waals surface area contributed by atoms with E-state index in [2.05, 4.69) is 9.97 Å². The van der Waals surface area contributed by atoms with Crippen molar-refractivity contribution in [3.05, 3.63) is 27.9 Å². The van der Waals surface area contributed by atoms with E-state index in [1.807, 2.05) is 19.9 Å². The van der Waals surface area contributed by atoms with Crippen LogP contribution in [0.5, 0.6) is 0 Å². The fourth-order valence-corrected chi connectivity index (χ4v) is 1.19. The normalized spacial score (nSPS) is 10.0. The number of aromatic nitrogens is 2. The summed E-state index contributed by atoms with van der Waals surface area (Å²) in [7, 11) is 0. The molecule has 0 saturated heterocycles. The second-order valence-electron chi connectivity index (χ2n) is 3.09. The van der Waals surface area contributed by atoms with Gasteiger partial charge in [0.15, 0.2) is 0 Å². The number of H-pyrrole nitrogens is 1. The Balaban J connectivity index is 3.27. The fourth-order valence-electron chi connectivity index (χ4n) is 1.19. The van der Waals surface area contributed by atoms with Crippen LogP contribution in [0.3, 0.4) is 0 Å². The maximum absolute atomic E-state index is 11.3. The Morgan fingerprint density at radius 2 is 2.38 bits per heavy atom. The van der Waals surface area contributed by atoms with Gasteiger partial charge in [-0.25, -0.2) is 4.98 Å². The summed E-state index contributed by atoms with van der Waals surface area (Å²) >= 11 is 0. The van der Waals surface area contributed by atoms with Gasteiger partial charge < -0.3 is 4.98 Å². The highest BCUT2D eigenvalue weighted by Crippen LogP contribution is 2.12. The molecule has 0 spiro atoms. The maximum atomic E-state index is 11.3. The SMILES string of the molecule is CC(C)c1nc[nH]c(=O)c1CC#N. The maximum Gasteiger partial charge on any atom is 0.255 e. The number of aromatic amines is 1. The highest BCUT2D eigenvalue weighted by atomic mass is 16.1. The predicted molar refractivity (Wildman–Crippen MR) is 48.3 cm³/mol. The first-order chi connectivity index (χ1) is 6.16. The number of hydrogen-bond acceptors (Lipinski definition) is 3. The van der Waals surface area contributed by atoms with Gasteiger partial charge in [0.05, 0.1) is 30.1 Å². The number of rotatable bonds is 2. The van der Waals surface area contributed by atoms with Crippen molar-refractivity contribution in [3.63, 3.8) is 0 Å². The standard InChI is InChI=1S/C9H11N3O/c1-6(2)8-7(3-4-10)9(13)12-5-11-8/h5-6H,3H2,1-2H3,(H,11,12,13). The average Bonchev–Trinajstić information content (AvgIpc) is 2.08. The van der Waals surface area contributed by atoms with Crippen LogP contribution < -0.4 is 5.56 Å². The molecule has 1 aromatic rings. The largest absolute Gasteiger partial charge is 0.313 e. The van der Waals surface area contributed by atoms with Crippen LogP contribution in [0.15, 0.2) is 11.1 Å². The summed E-state index contributed by atoms with van der Waals surface area (Å²) in [6, 6.07) is 1.96. The van der Waals surface area contributed by atoms with Crippen molar-refractivity contribution in [2.75, 3.05) is 0 Å². The first-order valence-corrected chi connectivity index (χ1v) is 4.10. The lowest BCUT2D eigenvalue weighted by Gasteiger charge is -2.06. The molecule has 0 aromatic carbocycles. The van der Waals surface area contributed by atoms with Crippen LogP contribution in [0.2, 0.25) is 0 Å². The van der Waals surface area contributed by atoms with E-state index in [0.717, 1.165) is 0 Å². The Bertz CT molecular complexity index is 387. The van der Waals surface area contributed by atoms with Crippen molar-refractivity contribution in [2.45, 2.75) is 26.2 Å². The molecule has 1 aromatic heterocycles. The third kappa shape index (κ3) is 1.94. The molecule has 0 aliphatic carbocycles. The summed E-state index contributed by atoms with van der Waals surface area (Å²) in [5, 5.41) is 8.52. The van der Waals surface area contributed by atoms with Crippen LogP contribution in [0.4, 0.5) is 0 Å². The molecule has 13 heavy (non-hydrogen) atoms. The van der Waals surface area contributed by atoms with Gasteiger partial charge in [0.25, 0.3) is 5.56 Å². The smallest absolute Gasteiger partial charge is 0.255 e. The monoisotopic (exact) mass is 177 g/mol. The molecule has 0 amide bonds. The molecule has 0 bridgehead atoms. The number of nitrogens with one attached hydrogen (secondary N) is 1. The zero-order chi connectivity index (χ0) is 9.84. The van der Waals surface area contributed by atoms with Crippen LogP contribution in [0, 0.1) is 11.3 Å². The molecule has 0 unspecified atom stereocenters. The number of nitrogens with zero attached hydrogens (tertiary/aromatic N) is 2. The Morgan fingerprint density at radius 1 is 1.69 bits per heavy atom. The second kappa shape index (κ2) is 3.85. The van der Waals surface area contributed by atoms with Crippen LogP contribution in [0.1, 0.15) is 31.0 Å². The van der Waals surface area contributed by atoms with E-state index in [4.69, 9.17) is 5.26 Å². The second-order valence-corrected chi connectivity index (χ2v) is 3.09. The van der Waals surface area contributed by atoms with Crippen LogP contribution in [-0.2, 0) is 6.42 Å². The third-order valence-corrected chi connectivity index (χ3v) is 1.79. The van der Waals surface area contributed by atoms with E-state index in [-0.39, 0.29) is 17.9 Å². The minimum absolute atomic E-state index is 0.122. The van der Waals surface area contributed by atoms with Gasteiger partial charge in [-0.15, -0.1) is 0 Å². The molecule has 4 heteroatoms. The zero-order valence-electron chi connectivity index (χ0n) is 7.66. The van der Waals surface area contributed by atoms with Gasteiger partial charge in [-0.3, -0.25) is 4.79 Å². The summed E-state index contributed by atoms with van der Waals surface area (Å²) < 4.78 is 0. The molecule has 1 rings (SSSR count). The zero-order valence-corrected chi connectivity index (χ0v) is 7.66. The summed E-state index contributed by atoms with van der Waals surface area (Å²) in [5.74, 6) is 0.172. The van der Waals surface area contributed by atoms with Gasteiger partial charge in [0.2, 0.25) is 0 Å². The molecular weight excluding hydrogens is 166 g/mol. The van der Waals surface area contributed by atoms with Gasteiger partial charge in [0.1, 0.15) is 0 Å². The van der Waals surface area contributed by atoms with Gasteiger partial charge in [0, 0.05) is 0 Å². The molecule has 0 aliphatic heterocycles. The van der Waals surface area contributed by atoms with Crippen molar-refractivity contribution in [1.82, 2.24) is 9.97 Å². The summed E-state index contributed by atoms with van der Waals surface area (Å²) in [6.07, 6.45) is 1.50. The van der Waals surface area contributed by atoms with Crippen molar-refractivity contribution >= 4 is 0 Å². The van der Waals surface area contributed by atoms with Crippen molar-refractivity contribution in [3.8, 4) is 6.07 Å². The minimum atomic E-state index is -0.208. The van der Waals surface area contributed by atoms with E-state index in [1.165, 1.54) is 6.33 Å². The molecule has 68 valence electrons. The molecule has 4 nitrogen and oxygen atoms in total. The molecule has 1 N–H and O–H groups in total. The highest BCUT2D eigenvalue weighted by Gasteiger charge is 2.10. The Labute approximate surface area is 76.2 Å². The summed E-state index contributed by atoms with van der Waals surface area (Å²) in [5.41, 5.74) is 0.991. The van der Waals surface area contributed by atoms with Gasteiger partial charge >= 0.3 is 0 Å². The van der Waals surface area contributed by atoms with Gasteiger partial charge in [-0.1, -0.05) is 13.8 Å². The van der Waals surface area contributed by atoms with E-state index < -0.39 is 0 Å². The Hall–Kier alpha value is -1.63. The molecule has 0 saturated carbocycles. The lowest BCUT2D eigenvalue weighted by molar-refractivity contribution is 0.788. The molecule has 0 aliphatic rings. The molecule has 1 heterocycles. The van der Waals surface area contributed by atoms with Crippen LogP contribution in [-0.4, -0.2) is 9.97 Å². The van der Waals surface area contributed by atoms with E-state index in [9.17, 15) is 4.79 Å². The topological polar surface area (TPSA) is 69.5 Å². The van der Waals surface area contributed by atoms with Crippen molar-refractivity contribution in [1.29, 1.82) is 5.26 Å². The fraction of sp³-hybridized carbons (Fsp3) is 0.444. The van der Waals surface area contributed by atoms with Crippen LogP contribution in [0.25, 0.3) is 0 Å². The lowest BCUT2D eigenvalue weighted by atomic mass is 10.0. The third-order valence-electron chi connectivity index (χ3n) is 1.79. The van der Waals surface area contributed by atoms with Gasteiger partial charge in [-0.2, -0.15) is 5.26 Å².